The van der Waals surface area contributed by atoms with Crippen LogP contribution in [-0.2, 0) is 6.54 Å². The lowest BCUT2D eigenvalue weighted by Gasteiger charge is -2.08. The topological polar surface area (TPSA) is 29.9 Å². The van der Waals surface area contributed by atoms with Crippen molar-refractivity contribution in [1.29, 1.82) is 0 Å². The minimum absolute atomic E-state index is 0.736. The third-order valence-corrected chi connectivity index (χ3v) is 3.33. The summed E-state index contributed by atoms with van der Waals surface area (Å²) in [4.78, 5) is 4.27. The quantitative estimate of drug-likeness (QED) is 0.805. The molecular formula is C12H15N3S. The van der Waals surface area contributed by atoms with Crippen molar-refractivity contribution in [3.05, 3.63) is 46.9 Å². The van der Waals surface area contributed by atoms with Crippen LogP contribution in [0.25, 0.3) is 0 Å². The molecule has 2 heterocycles. The molecule has 0 aliphatic carbocycles. The summed E-state index contributed by atoms with van der Waals surface area (Å²) in [5.41, 5.74) is 2.69. The van der Waals surface area contributed by atoms with Crippen molar-refractivity contribution in [2.75, 3.05) is 11.9 Å². The van der Waals surface area contributed by atoms with Crippen LogP contribution >= 0.6 is 11.3 Å². The predicted molar refractivity (Wildman–Crippen MR) is 69.1 cm³/mol. The fourth-order valence-electron chi connectivity index (χ4n) is 1.50. The van der Waals surface area contributed by atoms with Crippen molar-refractivity contribution < 1.29 is 0 Å². The van der Waals surface area contributed by atoms with Crippen LogP contribution in [0.2, 0.25) is 0 Å². The van der Waals surface area contributed by atoms with Gasteiger partial charge in [-0.2, -0.15) is 11.3 Å². The second kappa shape index (κ2) is 4.99. The normalized spacial score (nSPS) is 10.3. The van der Waals surface area contributed by atoms with Crippen LogP contribution in [0, 0.1) is 6.92 Å². The standard InChI is InChI=1S/C12H15N3S/c1-3-4-13-12-14-5-6-15(12)7-11-9-16-8-10(11)2/h3,5-6,8-9H,1,4,7H2,2H3,(H,13,14). The lowest BCUT2D eigenvalue weighted by molar-refractivity contribution is 0.800. The molecule has 0 unspecified atom stereocenters. The van der Waals surface area contributed by atoms with Gasteiger partial charge in [0.15, 0.2) is 0 Å². The van der Waals surface area contributed by atoms with E-state index in [0.717, 1.165) is 19.0 Å². The maximum Gasteiger partial charge on any atom is 0.203 e. The van der Waals surface area contributed by atoms with E-state index in [1.165, 1.54) is 11.1 Å². The first kappa shape index (κ1) is 11.0. The predicted octanol–water partition coefficient (Wildman–Crippen LogP) is 2.90. The van der Waals surface area contributed by atoms with Crippen LogP contribution in [0.1, 0.15) is 11.1 Å². The van der Waals surface area contributed by atoms with Crippen molar-refractivity contribution in [3.63, 3.8) is 0 Å². The molecule has 0 amide bonds. The Balaban J connectivity index is 2.12. The van der Waals surface area contributed by atoms with E-state index in [1.54, 1.807) is 11.3 Å². The van der Waals surface area contributed by atoms with Crippen molar-refractivity contribution in [1.82, 2.24) is 9.55 Å². The van der Waals surface area contributed by atoms with Gasteiger partial charge >= 0.3 is 0 Å². The molecule has 2 aromatic rings. The average Bonchev–Trinajstić information content (AvgIpc) is 2.87. The largest absolute Gasteiger partial charge is 0.352 e. The van der Waals surface area contributed by atoms with Gasteiger partial charge in [-0.3, -0.25) is 0 Å². The maximum absolute atomic E-state index is 4.27. The van der Waals surface area contributed by atoms with Crippen LogP contribution in [0.3, 0.4) is 0 Å². The highest BCUT2D eigenvalue weighted by atomic mass is 32.1. The van der Waals surface area contributed by atoms with Gasteiger partial charge in [0.25, 0.3) is 0 Å². The number of thiophene rings is 1. The first-order valence-corrected chi connectivity index (χ1v) is 6.13. The minimum atomic E-state index is 0.736. The summed E-state index contributed by atoms with van der Waals surface area (Å²) in [5.74, 6) is 0.894. The van der Waals surface area contributed by atoms with Gasteiger partial charge in [0.2, 0.25) is 5.95 Å². The Bertz CT molecular complexity index is 470. The number of hydrogen-bond donors (Lipinski definition) is 1. The number of aromatic nitrogens is 2. The van der Waals surface area contributed by atoms with E-state index >= 15 is 0 Å². The number of rotatable bonds is 5. The van der Waals surface area contributed by atoms with Gasteiger partial charge in [0.1, 0.15) is 0 Å². The fraction of sp³-hybridized carbons (Fsp3) is 0.250. The third kappa shape index (κ3) is 2.33. The number of nitrogens with zero attached hydrogens (tertiary/aromatic N) is 2. The zero-order valence-electron chi connectivity index (χ0n) is 9.31. The monoisotopic (exact) mass is 233 g/mol. The Morgan fingerprint density at radius 1 is 1.56 bits per heavy atom. The molecule has 0 aromatic carbocycles. The average molecular weight is 233 g/mol. The molecule has 0 fully saturated rings. The molecule has 0 saturated carbocycles. The lowest BCUT2D eigenvalue weighted by Crippen LogP contribution is -2.07. The van der Waals surface area contributed by atoms with Crippen LogP contribution in [0.5, 0.6) is 0 Å². The van der Waals surface area contributed by atoms with Gasteiger partial charge in [-0.25, -0.2) is 4.98 Å². The Hall–Kier alpha value is -1.55. The van der Waals surface area contributed by atoms with E-state index < -0.39 is 0 Å². The summed E-state index contributed by atoms with van der Waals surface area (Å²) in [5, 5.41) is 7.57. The van der Waals surface area contributed by atoms with E-state index in [4.69, 9.17) is 0 Å². The van der Waals surface area contributed by atoms with Crippen molar-refractivity contribution in [2.45, 2.75) is 13.5 Å². The third-order valence-electron chi connectivity index (χ3n) is 2.42. The molecule has 0 spiro atoms. The molecule has 16 heavy (non-hydrogen) atoms. The molecular weight excluding hydrogens is 218 g/mol. The molecule has 84 valence electrons. The Labute approximate surface area is 99.5 Å². The lowest BCUT2D eigenvalue weighted by atomic mass is 10.2. The SMILES string of the molecule is C=CCNc1nccn1Cc1cscc1C. The number of aryl methyl sites for hydroxylation is 1. The zero-order valence-corrected chi connectivity index (χ0v) is 10.1. The smallest absolute Gasteiger partial charge is 0.203 e. The van der Waals surface area contributed by atoms with Gasteiger partial charge in [-0.05, 0) is 28.8 Å². The fourth-order valence-corrected chi connectivity index (χ4v) is 2.35. The van der Waals surface area contributed by atoms with E-state index in [2.05, 4.69) is 39.1 Å². The van der Waals surface area contributed by atoms with Gasteiger partial charge in [0.05, 0.1) is 6.54 Å². The molecule has 3 nitrogen and oxygen atoms in total. The van der Waals surface area contributed by atoms with Crippen molar-refractivity contribution in [2.24, 2.45) is 0 Å². The van der Waals surface area contributed by atoms with Crippen LogP contribution in [0.15, 0.2) is 35.8 Å². The van der Waals surface area contributed by atoms with Gasteiger partial charge in [-0.15, -0.1) is 6.58 Å². The summed E-state index contributed by atoms with van der Waals surface area (Å²) in [6.07, 6.45) is 5.63. The number of anilines is 1. The molecule has 1 N–H and O–H groups in total. The molecule has 0 radical (unpaired) electrons. The second-order valence-corrected chi connectivity index (χ2v) is 4.37. The molecule has 0 bridgehead atoms. The summed E-state index contributed by atoms with van der Waals surface area (Å²) in [6, 6.07) is 0. The van der Waals surface area contributed by atoms with Crippen molar-refractivity contribution in [3.8, 4) is 0 Å². The van der Waals surface area contributed by atoms with E-state index in [0.29, 0.717) is 0 Å². The summed E-state index contributed by atoms with van der Waals surface area (Å²) >= 11 is 1.74. The van der Waals surface area contributed by atoms with E-state index in [1.807, 2.05) is 18.5 Å². The molecule has 0 saturated heterocycles. The zero-order chi connectivity index (χ0) is 11.4. The highest BCUT2D eigenvalue weighted by Crippen LogP contribution is 2.16. The maximum atomic E-state index is 4.27. The highest BCUT2D eigenvalue weighted by Gasteiger charge is 2.04. The first-order valence-electron chi connectivity index (χ1n) is 5.19. The second-order valence-electron chi connectivity index (χ2n) is 3.63. The number of nitrogens with one attached hydrogen (secondary N) is 1. The van der Waals surface area contributed by atoms with E-state index in [-0.39, 0.29) is 0 Å². The summed E-state index contributed by atoms with van der Waals surface area (Å²) in [7, 11) is 0. The molecule has 0 aliphatic heterocycles. The molecule has 2 rings (SSSR count). The molecule has 2 aromatic heterocycles. The van der Waals surface area contributed by atoms with E-state index in [9.17, 15) is 0 Å². The summed E-state index contributed by atoms with van der Waals surface area (Å²) in [6.45, 7) is 7.43. The van der Waals surface area contributed by atoms with Gasteiger partial charge in [0, 0.05) is 18.9 Å². The molecule has 0 aliphatic rings. The number of hydrogen-bond acceptors (Lipinski definition) is 3. The van der Waals surface area contributed by atoms with Crippen LogP contribution in [0.4, 0.5) is 5.95 Å². The minimum Gasteiger partial charge on any atom is -0.352 e. The molecule has 4 heteroatoms. The van der Waals surface area contributed by atoms with Crippen LogP contribution < -0.4 is 5.32 Å². The Morgan fingerprint density at radius 3 is 3.12 bits per heavy atom. The molecule has 0 atom stereocenters. The van der Waals surface area contributed by atoms with Crippen molar-refractivity contribution >= 4 is 17.3 Å². The highest BCUT2D eigenvalue weighted by molar-refractivity contribution is 7.08. The number of imidazole rings is 1. The summed E-state index contributed by atoms with van der Waals surface area (Å²) < 4.78 is 2.11. The van der Waals surface area contributed by atoms with Gasteiger partial charge in [-0.1, -0.05) is 6.08 Å². The first-order chi connectivity index (χ1) is 7.81. The van der Waals surface area contributed by atoms with Gasteiger partial charge < -0.3 is 9.88 Å². The Kier molecular flexibility index (Phi) is 3.41. The van der Waals surface area contributed by atoms with Crippen LogP contribution in [-0.4, -0.2) is 16.1 Å². The Morgan fingerprint density at radius 2 is 2.44 bits per heavy atom.